The molecule has 1 fully saturated rings. The second-order valence-electron chi connectivity index (χ2n) is 4.71. The summed E-state index contributed by atoms with van der Waals surface area (Å²) in [5, 5.41) is 8.52. The van der Waals surface area contributed by atoms with Crippen molar-refractivity contribution in [3.8, 4) is 0 Å². The number of hydrogen-bond acceptors (Lipinski definition) is 5. The van der Waals surface area contributed by atoms with Crippen LogP contribution in [0.2, 0.25) is 0 Å². The Bertz CT molecular complexity index is 579. The molecule has 1 aliphatic rings. The largest absolute Gasteiger partial charge is 0.481 e. The number of carboxylic acids is 1. The predicted molar refractivity (Wildman–Crippen MR) is 79.1 cm³/mol. The molecule has 0 atom stereocenters. The van der Waals surface area contributed by atoms with E-state index in [1.54, 1.807) is 12.1 Å². The zero-order chi connectivity index (χ0) is 15.3. The van der Waals surface area contributed by atoms with Crippen molar-refractivity contribution < 1.29 is 23.1 Å². The minimum absolute atomic E-state index is 0.415. The number of nitrogens with one attached hydrogen (secondary N) is 1. The van der Waals surface area contributed by atoms with E-state index in [1.165, 1.54) is 0 Å². The SMILES string of the molecule is O=C(O)CCS(=O)(=O)Nc1ccc(N2CCOCC2)cc1. The van der Waals surface area contributed by atoms with Gasteiger partial charge in [0.15, 0.2) is 0 Å². The number of anilines is 2. The quantitative estimate of drug-likeness (QED) is 0.804. The highest BCUT2D eigenvalue weighted by Gasteiger charge is 2.14. The third-order valence-corrected chi connectivity index (χ3v) is 4.39. The van der Waals surface area contributed by atoms with Crippen LogP contribution in [0.5, 0.6) is 0 Å². The van der Waals surface area contributed by atoms with Crippen molar-refractivity contribution in [2.24, 2.45) is 0 Å². The van der Waals surface area contributed by atoms with Crippen LogP contribution in [0, 0.1) is 0 Å². The fourth-order valence-electron chi connectivity index (χ4n) is 2.01. The number of ether oxygens (including phenoxy) is 1. The van der Waals surface area contributed by atoms with Gasteiger partial charge in [-0.3, -0.25) is 9.52 Å². The summed E-state index contributed by atoms with van der Waals surface area (Å²) in [5.41, 5.74) is 1.43. The Kier molecular flexibility index (Phi) is 5.03. The van der Waals surface area contributed by atoms with Crippen LogP contribution in [-0.4, -0.2) is 51.5 Å². The molecule has 1 saturated heterocycles. The van der Waals surface area contributed by atoms with Gasteiger partial charge in [-0.2, -0.15) is 0 Å². The maximum atomic E-state index is 11.7. The molecular weight excluding hydrogens is 296 g/mol. The van der Waals surface area contributed by atoms with Crippen molar-refractivity contribution in [2.45, 2.75) is 6.42 Å². The lowest BCUT2D eigenvalue weighted by Gasteiger charge is -2.28. The average Bonchev–Trinajstić information content (AvgIpc) is 2.47. The third kappa shape index (κ3) is 4.91. The van der Waals surface area contributed by atoms with Gasteiger partial charge in [0.1, 0.15) is 0 Å². The summed E-state index contributed by atoms with van der Waals surface area (Å²) in [6, 6.07) is 7.01. The van der Waals surface area contributed by atoms with Crippen molar-refractivity contribution in [2.75, 3.05) is 41.7 Å². The standard InChI is InChI=1S/C13H18N2O5S/c16-13(17)5-10-21(18,19)14-11-1-3-12(4-2-11)15-6-8-20-9-7-15/h1-4,14H,5-10H2,(H,16,17). The fraction of sp³-hybridized carbons (Fsp3) is 0.462. The minimum atomic E-state index is -3.63. The summed E-state index contributed by atoms with van der Waals surface area (Å²) in [7, 11) is -3.63. The van der Waals surface area contributed by atoms with Crippen LogP contribution < -0.4 is 9.62 Å². The maximum absolute atomic E-state index is 11.7. The van der Waals surface area contributed by atoms with Gasteiger partial charge >= 0.3 is 5.97 Å². The van der Waals surface area contributed by atoms with Gasteiger partial charge in [-0.15, -0.1) is 0 Å². The molecule has 2 N–H and O–H groups in total. The van der Waals surface area contributed by atoms with Crippen LogP contribution in [0.1, 0.15) is 6.42 Å². The molecule has 0 aromatic heterocycles. The summed E-state index contributed by atoms with van der Waals surface area (Å²) in [4.78, 5) is 12.6. The van der Waals surface area contributed by atoms with Gasteiger partial charge in [-0.1, -0.05) is 0 Å². The van der Waals surface area contributed by atoms with Crippen molar-refractivity contribution in [3.05, 3.63) is 24.3 Å². The Hall–Kier alpha value is -1.80. The highest BCUT2D eigenvalue weighted by atomic mass is 32.2. The lowest BCUT2D eigenvalue weighted by molar-refractivity contribution is -0.136. The average molecular weight is 314 g/mol. The van der Waals surface area contributed by atoms with Crippen LogP contribution in [0.3, 0.4) is 0 Å². The molecule has 0 amide bonds. The summed E-state index contributed by atoms with van der Waals surface area (Å²) < 4.78 is 31.0. The second kappa shape index (κ2) is 6.77. The number of rotatable bonds is 6. The molecule has 0 spiro atoms. The molecule has 21 heavy (non-hydrogen) atoms. The van der Waals surface area contributed by atoms with E-state index in [0.29, 0.717) is 18.9 Å². The lowest BCUT2D eigenvalue weighted by atomic mass is 10.2. The Labute approximate surface area is 123 Å². The first kappa shape index (κ1) is 15.6. The number of sulfonamides is 1. The third-order valence-electron chi connectivity index (χ3n) is 3.10. The van der Waals surface area contributed by atoms with E-state index < -0.39 is 28.2 Å². The normalized spacial score (nSPS) is 15.7. The smallest absolute Gasteiger partial charge is 0.304 e. The van der Waals surface area contributed by atoms with Crippen molar-refractivity contribution in [3.63, 3.8) is 0 Å². The van der Waals surface area contributed by atoms with Crippen LogP contribution in [-0.2, 0) is 19.6 Å². The number of aliphatic carboxylic acids is 1. The van der Waals surface area contributed by atoms with Crippen molar-refractivity contribution >= 4 is 27.4 Å². The van der Waals surface area contributed by atoms with Gasteiger partial charge in [0, 0.05) is 24.5 Å². The fourth-order valence-corrected chi connectivity index (χ4v) is 3.05. The molecule has 0 unspecified atom stereocenters. The summed E-state index contributed by atoms with van der Waals surface area (Å²) in [6.07, 6.45) is -0.415. The molecular formula is C13H18N2O5S. The Morgan fingerprint density at radius 3 is 2.43 bits per heavy atom. The van der Waals surface area contributed by atoms with Gasteiger partial charge in [-0.25, -0.2) is 8.42 Å². The second-order valence-corrected chi connectivity index (χ2v) is 6.55. The molecule has 0 radical (unpaired) electrons. The molecule has 116 valence electrons. The minimum Gasteiger partial charge on any atom is -0.481 e. The Morgan fingerprint density at radius 1 is 1.24 bits per heavy atom. The molecule has 1 aliphatic heterocycles. The molecule has 8 heteroatoms. The monoisotopic (exact) mass is 314 g/mol. The first-order valence-electron chi connectivity index (χ1n) is 6.61. The number of benzene rings is 1. The Balaban J connectivity index is 1.97. The van der Waals surface area contributed by atoms with Gasteiger partial charge in [-0.05, 0) is 24.3 Å². The topological polar surface area (TPSA) is 95.9 Å². The highest BCUT2D eigenvalue weighted by molar-refractivity contribution is 7.92. The molecule has 0 bridgehead atoms. The van der Waals surface area contributed by atoms with E-state index in [2.05, 4.69) is 9.62 Å². The highest BCUT2D eigenvalue weighted by Crippen LogP contribution is 2.19. The van der Waals surface area contributed by atoms with Crippen LogP contribution in [0.4, 0.5) is 11.4 Å². The lowest BCUT2D eigenvalue weighted by Crippen LogP contribution is -2.36. The van der Waals surface area contributed by atoms with Gasteiger partial charge in [0.25, 0.3) is 0 Å². The number of hydrogen-bond donors (Lipinski definition) is 2. The van der Waals surface area contributed by atoms with E-state index in [-0.39, 0.29) is 0 Å². The number of nitrogens with zero attached hydrogens (tertiary/aromatic N) is 1. The molecule has 0 saturated carbocycles. The zero-order valence-corrected chi connectivity index (χ0v) is 12.3. The zero-order valence-electron chi connectivity index (χ0n) is 11.5. The van der Waals surface area contributed by atoms with Gasteiger partial charge in [0.2, 0.25) is 10.0 Å². The van der Waals surface area contributed by atoms with E-state index in [4.69, 9.17) is 9.84 Å². The number of carbonyl (C=O) groups is 1. The van der Waals surface area contributed by atoms with Gasteiger partial charge in [0.05, 0.1) is 25.4 Å². The predicted octanol–water partition coefficient (Wildman–Crippen LogP) is 0.740. The van der Waals surface area contributed by atoms with E-state index in [9.17, 15) is 13.2 Å². The van der Waals surface area contributed by atoms with Gasteiger partial charge < -0.3 is 14.7 Å². The van der Waals surface area contributed by atoms with E-state index in [0.717, 1.165) is 18.8 Å². The first-order chi connectivity index (χ1) is 9.96. The van der Waals surface area contributed by atoms with Crippen molar-refractivity contribution in [1.29, 1.82) is 0 Å². The van der Waals surface area contributed by atoms with E-state index in [1.807, 2.05) is 12.1 Å². The summed E-state index contributed by atoms with van der Waals surface area (Å²) >= 11 is 0. The molecule has 1 aromatic rings. The number of morpholine rings is 1. The van der Waals surface area contributed by atoms with E-state index >= 15 is 0 Å². The molecule has 2 rings (SSSR count). The molecule has 7 nitrogen and oxygen atoms in total. The molecule has 1 heterocycles. The molecule has 1 aromatic carbocycles. The number of carboxylic acid groups (broad SMARTS) is 1. The van der Waals surface area contributed by atoms with Crippen LogP contribution >= 0.6 is 0 Å². The molecule has 0 aliphatic carbocycles. The summed E-state index contributed by atoms with van der Waals surface area (Å²) in [6.45, 7) is 2.99. The van der Waals surface area contributed by atoms with Crippen LogP contribution in [0.25, 0.3) is 0 Å². The Morgan fingerprint density at radius 2 is 1.86 bits per heavy atom. The van der Waals surface area contributed by atoms with Crippen molar-refractivity contribution in [1.82, 2.24) is 0 Å². The maximum Gasteiger partial charge on any atom is 0.304 e. The van der Waals surface area contributed by atoms with Crippen LogP contribution in [0.15, 0.2) is 24.3 Å². The first-order valence-corrected chi connectivity index (χ1v) is 8.26. The summed E-state index contributed by atoms with van der Waals surface area (Å²) in [5.74, 6) is -1.57.